The topological polar surface area (TPSA) is 49.3 Å². The third kappa shape index (κ3) is 4.75. The molecule has 1 unspecified atom stereocenters. The Bertz CT molecular complexity index is 716. The van der Waals surface area contributed by atoms with Gasteiger partial charge in [0.15, 0.2) is 17.6 Å². The first kappa shape index (κ1) is 17.8. The van der Waals surface area contributed by atoms with Crippen molar-refractivity contribution in [1.29, 1.82) is 0 Å². The van der Waals surface area contributed by atoms with Crippen LogP contribution in [0.5, 0.6) is 0 Å². The number of nitrogens with zero attached hydrogens (tertiary/aromatic N) is 2. The van der Waals surface area contributed by atoms with E-state index in [-0.39, 0.29) is 6.04 Å². The van der Waals surface area contributed by atoms with E-state index >= 15 is 0 Å². The molecule has 2 N–H and O–H groups in total. The minimum atomic E-state index is -0.854. The zero-order valence-corrected chi connectivity index (χ0v) is 14.1. The number of hydrogen-bond acceptors (Lipinski definition) is 2. The first-order chi connectivity index (χ1) is 11.5. The SMILES string of the molecule is CCNC(=NCc1ncccc1C)NC(C)c1ccc(F)c(F)c1. The number of benzene rings is 1. The van der Waals surface area contributed by atoms with Crippen molar-refractivity contribution in [2.45, 2.75) is 33.4 Å². The molecule has 0 radical (unpaired) electrons. The number of aliphatic imine (C=N–C) groups is 1. The number of pyridine rings is 1. The maximum atomic E-state index is 13.4. The summed E-state index contributed by atoms with van der Waals surface area (Å²) in [5, 5.41) is 6.33. The van der Waals surface area contributed by atoms with Gasteiger partial charge in [0.1, 0.15) is 0 Å². The first-order valence-electron chi connectivity index (χ1n) is 7.91. The molecule has 1 atom stereocenters. The number of rotatable bonds is 5. The molecule has 24 heavy (non-hydrogen) atoms. The van der Waals surface area contributed by atoms with Gasteiger partial charge in [-0.15, -0.1) is 0 Å². The molecule has 0 saturated carbocycles. The van der Waals surface area contributed by atoms with Gasteiger partial charge in [-0.05, 0) is 50.1 Å². The summed E-state index contributed by atoms with van der Waals surface area (Å²) in [6.07, 6.45) is 1.74. The van der Waals surface area contributed by atoms with Crippen LogP contribution < -0.4 is 10.6 Å². The van der Waals surface area contributed by atoms with Gasteiger partial charge in [0.25, 0.3) is 0 Å². The van der Waals surface area contributed by atoms with Crippen molar-refractivity contribution < 1.29 is 8.78 Å². The Morgan fingerprint density at radius 1 is 1.25 bits per heavy atom. The summed E-state index contributed by atoms with van der Waals surface area (Å²) >= 11 is 0. The fourth-order valence-corrected chi connectivity index (χ4v) is 2.23. The van der Waals surface area contributed by atoms with E-state index in [1.807, 2.05) is 32.9 Å². The molecule has 0 aliphatic carbocycles. The summed E-state index contributed by atoms with van der Waals surface area (Å²) in [6.45, 7) is 6.95. The smallest absolute Gasteiger partial charge is 0.192 e. The van der Waals surface area contributed by atoms with Crippen LogP contribution in [-0.4, -0.2) is 17.5 Å². The zero-order chi connectivity index (χ0) is 17.5. The molecule has 0 bridgehead atoms. The van der Waals surface area contributed by atoms with Crippen LogP contribution in [-0.2, 0) is 6.54 Å². The van der Waals surface area contributed by atoms with E-state index in [1.165, 1.54) is 6.07 Å². The Morgan fingerprint density at radius 3 is 2.71 bits per heavy atom. The van der Waals surface area contributed by atoms with Crippen LogP contribution >= 0.6 is 0 Å². The minimum Gasteiger partial charge on any atom is -0.357 e. The van der Waals surface area contributed by atoms with Crippen molar-refractivity contribution in [3.05, 3.63) is 65.0 Å². The summed E-state index contributed by atoms with van der Waals surface area (Å²) < 4.78 is 26.4. The standard InChI is InChI=1S/C18H22F2N4/c1-4-21-18(23-11-17-12(2)6-5-9-22-17)24-13(3)14-7-8-15(19)16(20)10-14/h5-10,13H,4,11H2,1-3H3,(H2,21,23,24). The van der Waals surface area contributed by atoms with E-state index in [0.29, 0.717) is 24.6 Å². The molecular weight excluding hydrogens is 310 g/mol. The molecule has 0 saturated heterocycles. The highest BCUT2D eigenvalue weighted by atomic mass is 19.2. The minimum absolute atomic E-state index is 0.220. The molecular formula is C18H22F2N4. The molecule has 0 spiro atoms. The van der Waals surface area contributed by atoms with Gasteiger partial charge < -0.3 is 10.6 Å². The Balaban J connectivity index is 2.10. The molecule has 0 amide bonds. The third-order valence-electron chi connectivity index (χ3n) is 3.65. The fraction of sp³-hybridized carbons (Fsp3) is 0.333. The number of aromatic nitrogens is 1. The Morgan fingerprint density at radius 2 is 2.04 bits per heavy atom. The van der Waals surface area contributed by atoms with Gasteiger partial charge >= 0.3 is 0 Å². The average molecular weight is 332 g/mol. The molecule has 1 aromatic heterocycles. The summed E-state index contributed by atoms with van der Waals surface area (Å²) in [5.74, 6) is -1.11. The second-order valence-corrected chi connectivity index (χ2v) is 5.50. The largest absolute Gasteiger partial charge is 0.357 e. The molecule has 1 aromatic carbocycles. The molecule has 0 aliphatic heterocycles. The molecule has 1 heterocycles. The monoisotopic (exact) mass is 332 g/mol. The summed E-state index contributed by atoms with van der Waals surface area (Å²) in [6, 6.07) is 7.54. The molecule has 6 heteroatoms. The third-order valence-corrected chi connectivity index (χ3v) is 3.65. The second-order valence-electron chi connectivity index (χ2n) is 5.50. The van der Waals surface area contributed by atoms with Crippen LogP contribution in [0.25, 0.3) is 0 Å². The Hall–Kier alpha value is -2.50. The van der Waals surface area contributed by atoms with Gasteiger partial charge in [-0.25, -0.2) is 13.8 Å². The van der Waals surface area contributed by atoms with Crippen LogP contribution in [0, 0.1) is 18.6 Å². The van der Waals surface area contributed by atoms with Gasteiger partial charge in [-0.1, -0.05) is 12.1 Å². The van der Waals surface area contributed by atoms with E-state index in [0.717, 1.165) is 17.3 Å². The van der Waals surface area contributed by atoms with E-state index < -0.39 is 11.6 Å². The molecule has 2 aromatic rings. The summed E-state index contributed by atoms with van der Waals surface area (Å²) in [4.78, 5) is 8.83. The zero-order valence-electron chi connectivity index (χ0n) is 14.1. The van der Waals surface area contributed by atoms with Crippen molar-refractivity contribution in [2.75, 3.05) is 6.54 Å². The summed E-state index contributed by atoms with van der Waals surface area (Å²) in [7, 11) is 0. The molecule has 128 valence electrons. The van der Waals surface area contributed by atoms with Gasteiger partial charge in [0.05, 0.1) is 18.3 Å². The number of nitrogens with one attached hydrogen (secondary N) is 2. The maximum absolute atomic E-state index is 13.4. The normalized spacial score (nSPS) is 12.8. The van der Waals surface area contributed by atoms with Crippen LogP contribution in [0.1, 0.15) is 36.7 Å². The first-order valence-corrected chi connectivity index (χ1v) is 7.91. The number of aryl methyl sites for hydroxylation is 1. The van der Waals surface area contributed by atoms with Crippen molar-refractivity contribution >= 4 is 5.96 Å². The Labute approximate surface area is 141 Å². The quantitative estimate of drug-likeness (QED) is 0.651. The lowest BCUT2D eigenvalue weighted by Gasteiger charge is -2.18. The predicted octanol–water partition coefficient (Wildman–Crippen LogP) is 3.48. The van der Waals surface area contributed by atoms with Crippen molar-refractivity contribution in [2.24, 2.45) is 4.99 Å². The van der Waals surface area contributed by atoms with E-state index in [2.05, 4.69) is 20.6 Å². The second kappa shape index (κ2) is 8.38. The van der Waals surface area contributed by atoms with Gasteiger partial charge in [0, 0.05) is 12.7 Å². The van der Waals surface area contributed by atoms with E-state index in [4.69, 9.17) is 0 Å². The molecule has 4 nitrogen and oxygen atoms in total. The Kier molecular flexibility index (Phi) is 6.23. The number of guanidine groups is 1. The van der Waals surface area contributed by atoms with Gasteiger partial charge in [-0.3, -0.25) is 4.98 Å². The molecule has 0 fully saturated rings. The highest BCUT2D eigenvalue weighted by Crippen LogP contribution is 2.16. The van der Waals surface area contributed by atoms with Crippen LogP contribution in [0.2, 0.25) is 0 Å². The highest BCUT2D eigenvalue weighted by molar-refractivity contribution is 5.80. The average Bonchev–Trinajstić information content (AvgIpc) is 2.56. The van der Waals surface area contributed by atoms with Gasteiger partial charge in [0.2, 0.25) is 0 Å². The van der Waals surface area contributed by atoms with Crippen LogP contribution in [0.4, 0.5) is 8.78 Å². The molecule has 2 rings (SSSR count). The molecule has 0 aliphatic rings. The van der Waals surface area contributed by atoms with Crippen LogP contribution in [0.3, 0.4) is 0 Å². The summed E-state index contributed by atoms with van der Waals surface area (Å²) in [5.41, 5.74) is 2.62. The number of halogens is 2. The van der Waals surface area contributed by atoms with E-state index in [1.54, 1.807) is 12.3 Å². The van der Waals surface area contributed by atoms with E-state index in [9.17, 15) is 8.78 Å². The highest BCUT2D eigenvalue weighted by Gasteiger charge is 2.11. The van der Waals surface area contributed by atoms with Gasteiger partial charge in [-0.2, -0.15) is 0 Å². The lowest BCUT2D eigenvalue weighted by atomic mass is 10.1. The fourth-order valence-electron chi connectivity index (χ4n) is 2.23. The van der Waals surface area contributed by atoms with Crippen molar-refractivity contribution in [3.63, 3.8) is 0 Å². The van der Waals surface area contributed by atoms with Crippen molar-refractivity contribution in [1.82, 2.24) is 15.6 Å². The van der Waals surface area contributed by atoms with Crippen molar-refractivity contribution in [3.8, 4) is 0 Å². The predicted molar refractivity (Wildman–Crippen MR) is 91.7 cm³/mol. The lowest BCUT2D eigenvalue weighted by Crippen LogP contribution is -2.38. The van der Waals surface area contributed by atoms with Crippen LogP contribution in [0.15, 0.2) is 41.5 Å². The number of hydrogen-bond donors (Lipinski definition) is 2. The lowest BCUT2D eigenvalue weighted by molar-refractivity contribution is 0.504. The maximum Gasteiger partial charge on any atom is 0.192 e.